The van der Waals surface area contributed by atoms with Gasteiger partial charge in [-0.25, -0.2) is 0 Å². The van der Waals surface area contributed by atoms with Gasteiger partial charge in [0, 0.05) is 31.1 Å². The fourth-order valence-corrected chi connectivity index (χ4v) is 2.83. The molecule has 0 aromatic rings. The Morgan fingerprint density at radius 1 is 1.50 bits per heavy atom. The molecule has 118 valence electrons. The number of aliphatic hydroxyl groups excluding tert-OH is 1. The largest absolute Gasteiger partial charge is 0.396 e. The van der Waals surface area contributed by atoms with Gasteiger partial charge in [-0.1, -0.05) is 27.7 Å². The van der Waals surface area contributed by atoms with Gasteiger partial charge in [-0.3, -0.25) is 4.79 Å². The number of carbonyl (C=O) groups excluding carboxylic acids is 1. The van der Waals surface area contributed by atoms with E-state index in [9.17, 15) is 4.79 Å². The summed E-state index contributed by atoms with van der Waals surface area (Å²) in [7, 11) is 0. The summed E-state index contributed by atoms with van der Waals surface area (Å²) in [5.41, 5.74) is 5.06. The molecule has 3 atom stereocenters. The molecule has 5 heteroatoms. The number of nitrogens with one attached hydrogen (secondary N) is 1. The maximum Gasteiger partial charge on any atom is 0.241 e. The highest BCUT2D eigenvalue weighted by Gasteiger charge is 2.63. The van der Waals surface area contributed by atoms with Gasteiger partial charge in [0.05, 0.1) is 6.10 Å². The van der Waals surface area contributed by atoms with Crippen LogP contribution in [0.1, 0.15) is 47.5 Å². The van der Waals surface area contributed by atoms with Crippen LogP contribution in [-0.4, -0.2) is 41.9 Å². The van der Waals surface area contributed by atoms with Gasteiger partial charge >= 0.3 is 0 Å². The molecule has 0 heterocycles. The summed E-state index contributed by atoms with van der Waals surface area (Å²) >= 11 is 0. The first-order chi connectivity index (χ1) is 9.20. The Balaban J connectivity index is 2.72. The predicted molar refractivity (Wildman–Crippen MR) is 79.2 cm³/mol. The predicted octanol–water partition coefficient (Wildman–Crippen LogP) is 1.04. The maximum absolute atomic E-state index is 12.5. The average molecular weight is 286 g/mol. The molecule has 20 heavy (non-hydrogen) atoms. The lowest BCUT2D eigenvalue weighted by atomic mass is 9.54. The summed E-state index contributed by atoms with van der Waals surface area (Å²) in [5.74, 6) is 0.131. The molecule has 0 saturated heterocycles. The lowest BCUT2D eigenvalue weighted by Crippen LogP contribution is -2.76. The molecule has 1 rings (SSSR count). The van der Waals surface area contributed by atoms with Crippen LogP contribution in [0.3, 0.4) is 0 Å². The monoisotopic (exact) mass is 286 g/mol. The van der Waals surface area contributed by atoms with E-state index in [-0.39, 0.29) is 36.0 Å². The minimum Gasteiger partial charge on any atom is -0.396 e. The summed E-state index contributed by atoms with van der Waals surface area (Å²) in [6.45, 7) is 10.6. The minimum atomic E-state index is -0.893. The van der Waals surface area contributed by atoms with Crippen molar-refractivity contribution in [3.05, 3.63) is 0 Å². The van der Waals surface area contributed by atoms with Gasteiger partial charge in [0.25, 0.3) is 0 Å². The van der Waals surface area contributed by atoms with E-state index in [2.05, 4.69) is 5.32 Å². The van der Waals surface area contributed by atoms with Gasteiger partial charge in [-0.2, -0.15) is 0 Å². The molecule has 1 saturated carbocycles. The van der Waals surface area contributed by atoms with Crippen molar-refractivity contribution >= 4 is 5.91 Å². The summed E-state index contributed by atoms with van der Waals surface area (Å²) in [5, 5.41) is 12.1. The molecule has 0 aliphatic heterocycles. The van der Waals surface area contributed by atoms with Crippen molar-refractivity contribution in [2.24, 2.45) is 17.1 Å². The molecule has 4 N–H and O–H groups in total. The second kappa shape index (κ2) is 6.41. The van der Waals surface area contributed by atoms with E-state index in [1.54, 1.807) is 0 Å². The van der Waals surface area contributed by atoms with Crippen LogP contribution in [0.4, 0.5) is 0 Å². The zero-order chi connectivity index (χ0) is 15.6. The topological polar surface area (TPSA) is 84.6 Å². The first-order valence-electron chi connectivity index (χ1n) is 7.53. The van der Waals surface area contributed by atoms with E-state index in [0.717, 1.165) is 0 Å². The zero-order valence-electron chi connectivity index (χ0n) is 13.4. The van der Waals surface area contributed by atoms with Crippen molar-refractivity contribution in [3.63, 3.8) is 0 Å². The Morgan fingerprint density at radius 2 is 2.10 bits per heavy atom. The smallest absolute Gasteiger partial charge is 0.241 e. The normalized spacial score (nSPS) is 29.9. The summed E-state index contributed by atoms with van der Waals surface area (Å²) in [6, 6.07) is -0.0464. The van der Waals surface area contributed by atoms with Crippen molar-refractivity contribution in [2.45, 2.75) is 65.1 Å². The highest BCUT2D eigenvalue weighted by Crippen LogP contribution is 2.49. The molecule has 1 fully saturated rings. The Kier molecular flexibility index (Phi) is 5.58. The number of hydrogen-bond acceptors (Lipinski definition) is 4. The molecule has 0 radical (unpaired) electrons. The Hall–Kier alpha value is -0.650. The second-order valence-corrected chi connectivity index (χ2v) is 6.68. The first-order valence-corrected chi connectivity index (χ1v) is 7.53. The molecular formula is C15H30N2O3. The van der Waals surface area contributed by atoms with Crippen molar-refractivity contribution in [1.29, 1.82) is 0 Å². The van der Waals surface area contributed by atoms with Gasteiger partial charge in [-0.05, 0) is 19.3 Å². The lowest BCUT2D eigenvalue weighted by Gasteiger charge is -2.57. The van der Waals surface area contributed by atoms with E-state index >= 15 is 0 Å². The minimum absolute atomic E-state index is 0.0265. The quantitative estimate of drug-likeness (QED) is 0.653. The summed E-state index contributed by atoms with van der Waals surface area (Å²) in [4.78, 5) is 12.5. The molecule has 0 aromatic carbocycles. The molecule has 3 unspecified atom stereocenters. The van der Waals surface area contributed by atoms with E-state index in [0.29, 0.717) is 19.4 Å². The standard InChI is InChI=1S/C15H30N2O3/c1-6-20-12-9-15(16,14(12,4)5)13(19)17-11(7-8-18)10(2)3/h10-12,18H,6-9,16H2,1-5H3,(H,17,19). The SMILES string of the molecule is CCOC1CC(N)(C(=O)NC(CCO)C(C)C)C1(C)C. The second-order valence-electron chi connectivity index (χ2n) is 6.68. The van der Waals surface area contributed by atoms with Crippen LogP contribution >= 0.6 is 0 Å². The van der Waals surface area contributed by atoms with Crippen LogP contribution in [-0.2, 0) is 9.53 Å². The van der Waals surface area contributed by atoms with E-state index in [1.165, 1.54) is 0 Å². The third kappa shape index (κ3) is 3.00. The van der Waals surface area contributed by atoms with E-state index < -0.39 is 5.54 Å². The van der Waals surface area contributed by atoms with Gasteiger partial charge in [0.2, 0.25) is 5.91 Å². The van der Waals surface area contributed by atoms with Gasteiger partial charge < -0.3 is 20.9 Å². The van der Waals surface area contributed by atoms with E-state index in [4.69, 9.17) is 15.6 Å². The number of nitrogens with two attached hydrogens (primary N) is 1. The van der Waals surface area contributed by atoms with Crippen molar-refractivity contribution < 1.29 is 14.6 Å². The Morgan fingerprint density at radius 3 is 2.50 bits per heavy atom. The molecule has 1 aliphatic carbocycles. The first kappa shape index (κ1) is 17.4. The zero-order valence-corrected chi connectivity index (χ0v) is 13.4. The van der Waals surface area contributed by atoms with Crippen LogP contribution in [0.25, 0.3) is 0 Å². The number of amides is 1. The highest BCUT2D eigenvalue weighted by atomic mass is 16.5. The molecular weight excluding hydrogens is 256 g/mol. The third-order valence-electron chi connectivity index (χ3n) is 4.80. The molecule has 0 bridgehead atoms. The van der Waals surface area contributed by atoms with Crippen LogP contribution < -0.4 is 11.1 Å². The highest BCUT2D eigenvalue weighted by molar-refractivity contribution is 5.89. The number of aliphatic hydroxyl groups is 1. The average Bonchev–Trinajstić information content (AvgIpc) is 2.37. The fourth-order valence-electron chi connectivity index (χ4n) is 2.83. The van der Waals surface area contributed by atoms with Gasteiger partial charge in [0.1, 0.15) is 5.54 Å². The lowest BCUT2D eigenvalue weighted by molar-refractivity contribution is -0.171. The Labute approximate surface area is 122 Å². The molecule has 0 spiro atoms. The van der Waals surface area contributed by atoms with Crippen LogP contribution in [0, 0.1) is 11.3 Å². The van der Waals surface area contributed by atoms with Crippen molar-refractivity contribution in [3.8, 4) is 0 Å². The van der Waals surface area contributed by atoms with Crippen LogP contribution in [0.15, 0.2) is 0 Å². The summed E-state index contributed by atoms with van der Waals surface area (Å²) < 4.78 is 5.64. The van der Waals surface area contributed by atoms with Gasteiger partial charge in [0.15, 0.2) is 0 Å². The third-order valence-corrected chi connectivity index (χ3v) is 4.80. The van der Waals surface area contributed by atoms with Crippen LogP contribution in [0.5, 0.6) is 0 Å². The number of carbonyl (C=O) groups is 1. The molecule has 0 aromatic heterocycles. The maximum atomic E-state index is 12.5. The van der Waals surface area contributed by atoms with E-state index in [1.807, 2.05) is 34.6 Å². The van der Waals surface area contributed by atoms with Crippen molar-refractivity contribution in [2.75, 3.05) is 13.2 Å². The van der Waals surface area contributed by atoms with Crippen molar-refractivity contribution in [1.82, 2.24) is 5.32 Å². The fraction of sp³-hybridized carbons (Fsp3) is 0.933. The Bertz CT molecular complexity index is 344. The molecule has 5 nitrogen and oxygen atoms in total. The summed E-state index contributed by atoms with van der Waals surface area (Å²) in [6.07, 6.45) is 1.12. The molecule has 1 amide bonds. The van der Waals surface area contributed by atoms with Gasteiger partial charge in [-0.15, -0.1) is 0 Å². The number of ether oxygens (including phenoxy) is 1. The number of hydrogen-bond donors (Lipinski definition) is 3. The molecule has 1 aliphatic rings. The number of rotatable bonds is 7. The van der Waals surface area contributed by atoms with Crippen LogP contribution in [0.2, 0.25) is 0 Å².